The van der Waals surface area contributed by atoms with Crippen molar-refractivity contribution in [2.24, 2.45) is 0 Å². The summed E-state index contributed by atoms with van der Waals surface area (Å²) in [5.41, 5.74) is 0. The number of nitrogens with zero attached hydrogens (tertiary/aromatic N) is 1. The van der Waals surface area contributed by atoms with Crippen molar-refractivity contribution in [1.29, 1.82) is 0 Å². The Bertz CT molecular complexity index is 208. The Labute approximate surface area is 73.1 Å². The number of hydrogen-bond acceptors (Lipinski definition) is 2. The largest absolute Gasteiger partial charge is 0.339 e. The second-order valence-corrected chi connectivity index (χ2v) is 2.73. The first-order valence-corrected chi connectivity index (χ1v) is 4.22. The summed E-state index contributed by atoms with van der Waals surface area (Å²) in [6, 6.07) is 0. The highest BCUT2D eigenvalue weighted by atomic mass is 16.2. The van der Waals surface area contributed by atoms with Gasteiger partial charge in [0.05, 0.1) is 6.42 Å². The summed E-state index contributed by atoms with van der Waals surface area (Å²) in [6.45, 7) is 5.22. The molecule has 0 aromatic carbocycles. The lowest BCUT2D eigenvalue weighted by Crippen LogP contribution is -2.46. The SMILES string of the molecule is CC#CCC(=O)N1CCNCC1. The zero-order chi connectivity index (χ0) is 8.81. The standard InChI is InChI=1S/C9H14N2O/c1-2-3-4-9(12)11-7-5-10-6-8-11/h10H,4-8H2,1H3. The van der Waals surface area contributed by atoms with E-state index in [1.165, 1.54) is 0 Å². The van der Waals surface area contributed by atoms with Gasteiger partial charge >= 0.3 is 0 Å². The van der Waals surface area contributed by atoms with Crippen molar-refractivity contribution in [3.8, 4) is 11.8 Å². The predicted molar refractivity (Wildman–Crippen MR) is 47.5 cm³/mol. The van der Waals surface area contributed by atoms with E-state index < -0.39 is 0 Å². The molecule has 0 bridgehead atoms. The summed E-state index contributed by atoms with van der Waals surface area (Å²) in [4.78, 5) is 13.2. The van der Waals surface area contributed by atoms with Gasteiger partial charge in [0.25, 0.3) is 0 Å². The molecule has 66 valence electrons. The Morgan fingerprint density at radius 2 is 2.17 bits per heavy atom. The lowest BCUT2D eigenvalue weighted by molar-refractivity contribution is -0.130. The summed E-state index contributed by atoms with van der Waals surface area (Å²) in [5.74, 6) is 5.67. The third kappa shape index (κ3) is 2.55. The maximum atomic E-state index is 11.4. The molecule has 0 atom stereocenters. The van der Waals surface area contributed by atoms with Gasteiger partial charge in [-0.05, 0) is 6.92 Å². The molecule has 0 saturated carbocycles. The summed E-state index contributed by atoms with van der Waals surface area (Å²) in [5, 5.41) is 3.20. The molecule has 0 aromatic heterocycles. The monoisotopic (exact) mass is 166 g/mol. The maximum Gasteiger partial charge on any atom is 0.234 e. The molecule has 3 nitrogen and oxygen atoms in total. The van der Waals surface area contributed by atoms with Gasteiger partial charge in [-0.1, -0.05) is 5.92 Å². The number of rotatable bonds is 1. The number of amides is 1. The molecule has 3 heteroatoms. The molecule has 1 rings (SSSR count). The van der Waals surface area contributed by atoms with E-state index in [-0.39, 0.29) is 5.91 Å². The minimum atomic E-state index is 0.158. The average molecular weight is 166 g/mol. The Hall–Kier alpha value is -1.01. The Kier molecular flexibility index (Phi) is 3.62. The molecule has 1 N–H and O–H groups in total. The number of carbonyl (C=O) groups excluding carboxylic acids is 1. The minimum absolute atomic E-state index is 0.158. The van der Waals surface area contributed by atoms with Gasteiger partial charge in [-0.15, -0.1) is 5.92 Å². The summed E-state index contributed by atoms with van der Waals surface area (Å²) >= 11 is 0. The first-order valence-electron chi connectivity index (χ1n) is 4.22. The van der Waals surface area contributed by atoms with Crippen LogP contribution in [0.3, 0.4) is 0 Å². The molecular formula is C9H14N2O. The van der Waals surface area contributed by atoms with Gasteiger partial charge in [0.2, 0.25) is 5.91 Å². The molecule has 0 spiro atoms. The number of hydrogen-bond donors (Lipinski definition) is 1. The molecule has 1 fully saturated rings. The molecule has 0 radical (unpaired) electrons. The summed E-state index contributed by atoms with van der Waals surface area (Å²) < 4.78 is 0. The highest BCUT2D eigenvalue weighted by molar-refractivity contribution is 5.78. The first-order chi connectivity index (χ1) is 5.84. The van der Waals surface area contributed by atoms with Crippen LogP contribution in [0.4, 0.5) is 0 Å². The van der Waals surface area contributed by atoms with E-state index in [9.17, 15) is 4.79 Å². The van der Waals surface area contributed by atoms with Gasteiger partial charge < -0.3 is 10.2 Å². The minimum Gasteiger partial charge on any atom is -0.339 e. The molecule has 0 aliphatic carbocycles. The van der Waals surface area contributed by atoms with Crippen molar-refractivity contribution in [3.63, 3.8) is 0 Å². The van der Waals surface area contributed by atoms with Crippen LogP contribution in [-0.2, 0) is 4.79 Å². The van der Waals surface area contributed by atoms with Crippen LogP contribution in [0.5, 0.6) is 0 Å². The third-order valence-electron chi connectivity index (χ3n) is 1.89. The van der Waals surface area contributed by atoms with Crippen molar-refractivity contribution in [2.75, 3.05) is 26.2 Å². The van der Waals surface area contributed by atoms with Crippen LogP contribution in [0.1, 0.15) is 13.3 Å². The summed E-state index contributed by atoms with van der Waals surface area (Å²) in [7, 11) is 0. The van der Waals surface area contributed by atoms with Gasteiger partial charge in [0.1, 0.15) is 0 Å². The van der Waals surface area contributed by atoms with E-state index in [4.69, 9.17) is 0 Å². The predicted octanol–water partition coefficient (Wildman–Crippen LogP) is -0.168. The number of carbonyl (C=O) groups is 1. The normalized spacial score (nSPS) is 16.6. The molecule has 0 aromatic rings. The zero-order valence-electron chi connectivity index (χ0n) is 7.39. The van der Waals surface area contributed by atoms with E-state index in [0.717, 1.165) is 26.2 Å². The van der Waals surface area contributed by atoms with Crippen LogP contribution >= 0.6 is 0 Å². The van der Waals surface area contributed by atoms with Crippen molar-refractivity contribution in [1.82, 2.24) is 10.2 Å². The number of nitrogens with one attached hydrogen (secondary N) is 1. The smallest absolute Gasteiger partial charge is 0.234 e. The fourth-order valence-electron chi connectivity index (χ4n) is 1.19. The maximum absolute atomic E-state index is 11.4. The van der Waals surface area contributed by atoms with E-state index in [1.54, 1.807) is 6.92 Å². The Balaban J connectivity index is 2.33. The van der Waals surface area contributed by atoms with Crippen molar-refractivity contribution >= 4 is 5.91 Å². The van der Waals surface area contributed by atoms with Crippen LogP contribution in [-0.4, -0.2) is 37.0 Å². The molecule has 1 aliphatic heterocycles. The lowest BCUT2D eigenvalue weighted by atomic mass is 10.3. The third-order valence-corrected chi connectivity index (χ3v) is 1.89. The van der Waals surface area contributed by atoms with Gasteiger partial charge in [-0.25, -0.2) is 0 Å². The van der Waals surface area contributed by atoms with Crippen molar-refractivity contribution < 1.29 is 4.79 Å². The Morgan fingerprint density at radius 1 is 1.50 bits per heavy atom. The fourth-order valence-corrected chi connectivity index (χ4v) is 1.19. The molecular weight excluding hydrogens is 152 g/mol. The van der Waals surface area contributed by atoms with Gasteiger partial charge in [0, 0.05) is 26.2 Å². The number of piperazine rings is 1. The second-order valence-electron chi connectivity index (χ2n) is 2.73. The van der Waals surface area contributed by atoms with E-state index in [1.807, 2.05) is 4.90 Å². The Morgan fingerprint density at radius 3 is 2.75 bits per heavy atom. The van der Waals surface area contributed by atoms with E-state index in [2.05, 4.69) is 17.2 Å². The molecule has 1 saturated heterocycles. The molecule has 0 unspecified atom stereocenters. The highest BCUT2D eigenvalue weighted by Gasteiger charge is 2.14. The van der Waals surface area contributed by atoms with Crippen LogP contribution in [0, 0.1) is 11.8 Å². The van der Waals surface area contributed by atoms with Crippen LogP contribution < -0.4 is 5.32 Å². The topological polar surface area (TPSA) is 32.3 Å². The van der Waals surface area contributed by atoms with Gasteiger partial charge in [-0.2, -0.15) is 0 Å². The molecule has 1 aliphatic rings. The van der Waals surface area contributed by atoms with E-state index >= 15 is 0 Å². The molecule has 1 amide bonds. The fraction of sp³-hybridized carbons (Fsp3) is 0.667. The second kappa shape index (κ2) is 4.78. The lowest BCUT2D eigenvalue weighted by Gasteiger charge is -2.26. The van der Waals surface area contributed by atoms with Crippen molar-refractivity contribution in [3.05, 3.63) is 0 Å². The zero-order valence-corrected chi connectivity index (χ0v) is 7.39. The van der Waals surface area contributed by atoms with Gasteiger partial charge in [0.15, 0.2) is 0 Å². The quantitative estimate of drug-likeness (QED) is 0.549. The average Bonchev–Trinajstić information content (AvgIpc) is 2.15. The van der Waals surface area contributed by atoms with Crippen molar-refractivity contribution in [2.45, 2.75) is 13.3 Å². The van der Waals surface area contributed by atoms with Crippen LogP contribution in [0.25, 0.3) is 0 Å². The van der Waals surface area contributed by atoms with E-state index in [0.29, 0.717) is 6.42 Å². The van der Waals surface area contributed by atoms with Crippen LogP contribution in [0.2, 0.25) is 0 Å². The van der Waals surface area contributed by atoms with Crippen LogP contribution in [0.15, 0.2) is 0 Å². The highest BCUT2D eigenvalue weighted by Crippen LogP contribution is 1.95. The molecule has 1 heterocycles. The summed E-state index contributed by atoms with van der Waals surface area (Å²) in [6.07, 6.45) is 0.372. The van der Waals surface area contributed by atoms with Gasteiger partial charge in [-0.3, -0.25) is 4.79 Å². The first kappa shape index (κ1) is 9.08. The molecule has 12 heavy (non-hydrogen) atoms.